The van der Waals surface area contributed by atoms with E-state index >= 15 is 0 Å². The minimum Gasteiger partial charge on any atom is -0.490 e. The molecule has 0 amide bonds. The highest BCUT2D eigenvalue weighted by atomic mass is 16.5. The third-order valence-corrected chi connectivity index (χ3v) is 3.54. The molecule has 1 N–H and O–H groups in total. The van der Waals surface area contributed by atoms with Crippen LogP contribution in [0.4, 0.5) is 0 Å². The number of ether oxygens (including phenoxy) is 2. The van der Waals surface area contributed by atoms with E-state index in [9.17, 15) is 9.90 Å². The van der Waals surface area contributed by atoms with E-state index in [1.54, 1.807) is 19.1 Å². The van der Waals surface area contributed by atoms with Crippen molar-refractivity contribution in [1.82, 2.24) is 0 Å². The molecule has 0 aromatic heterocycles. The van der Waals surface area contributed by atoms with Gasteiger partial charge in [0, 0.05) is 17.6 Å². The van der Waals surface area contributed by atoms with Gasteiger partial charge < -0.3 is 14.6 Å². The predicted molar refractivity (Wildman–Crippen MR) is 91.2 cm³/mol. The van der Waals surface area contributed by atoms with E-state index in [-0.39, 0.29) is 19.0 Å². The molecule has 0 bridgehead atoms. The molecule has 0 aliphatic heterocycles. The van der Waals surface area contributed by atoms with E-state index in [1.807, 2.05) is 24.3 Å². The van der Waals surface area contributed by atoms with Crippen LogP contribution in [0.15, 0.2) is 36.4 Å². The largest absolute Gasteiger partial charge is 0.490 e. The van der Waals surface area contributed by atoms with Crippen molar-refractivity contribution in [2.75, 3.05) is 19.8 Å². The zero-order valence-corrected chi connectivity index (χ0v) is 13.7. The minimum atomic E-state index is -0.540. The molecule has 0 radical (unpaired) electrons. The Kier molecular flexibility index (Phi) is 6.56. The van der Waals surface area contributed by atoms with Gasteiger partial charge in [0.25, 0.3) is 0 Å². The smallest absolute Gasteiger partial charge is 0.189 e. The Bertz CT molecular complexity index is 649. The first-order chi connectivity index (χ1) is 11.1. The first kappa shape index (κ1) is 17.4. The van der Waals surface area contributed by atoms with Crippen LogP contribution in [0, 0.1) is 0 Å². The van der Waals surface area contributed by atoms with E-state index in [0.717, 1.165) is 23.6 Å². The van der Waals surface area contributed by atoms with Crippen LogP contribution in [-0.2, 0) is 4.74 Å². The standard InChI is InChI=1S/C19H24O4/c1-3-4-11-22-13-18(21)16-9-10-19(23-12-14(2)20)17-8-6-5-7-15(16)17/h5-10,14,20H,3-4,11-13H2,1-2H3/t14-/m1/s1. The normalized spacial score (nSPS) is 12.3. The van der Waals surface area contributed by atoms with Crippen LogP contribution in [-0.4, -0.2) is 36.8 Å². The monoisotopic (exact) mass is 316 g/mol. The summed E-state index contributed by atoms with van der Waals surface area (Å²) in [6.07, 6.45) is 1.47. The van der Waals surface area contributed by atoms with Gasteiger partial charge in [-0.2, -0.15) is 0 Å². The average molecular weight is 316 g/mol. The molecule has 0 fully saturated rings. The molecule has 2 rings (SSSR count). The fraction of sp³-hybridized carbons (Fsp3) is 0.421. The summed E-state index contributed by atoms with van der Waals surface area (Å²) in [7, 11) is 0. The third kappa shape index (κ3) is 4.78. The van der Waals surface area contributed by atoms with Crippen molar-refractivity contribution in [1.29, 1.82) is 0 Å². The Hall–Kier alpha value is -1.91. The molecule has 0 saturated heterocycles. The van der Waals surface area contributed by atoms with Gasteiger partial charge in [0.2, 0.25) is 0 Å². The van der Waals surface area contributed by atoms with E-state index in [1.165, 1.54) is 0 Å². The topological polar surface area (TPSA) is 55.8 Å². The molecule has 4 heteroatoms. The van der Waals surface area contributed by atoms with Crippen LogP contribution in [0.1, 0.15) is 37.0 Å². The number of unbranched alkanes of at least 4 members (excludes halogenated alkanes) is 1. The second-order valence-electron chi connectivity index (χ2n) is 5.65. The van der Waals surface area contributed by atoms with Crippen molar-refractivity contribution in [2.45, 2.75) is 32.8 Å². The maximum atomic E-state index is 12.4. The highest BCUT2D eigenvalue weighted by Crippen LogP contribution is 2.29. The zero-order valence-electron chi connectivity index (χ0n) is 13.7. The SMILES string of the molecule is CCCCOCC(=O)c1ccc(OC[C@@H](C)O)c2ccccc12. The van der Waals surface area contributed by atoms with Crippen LogP contribution in [0.25, 0.3) is 10.8 Å². The van der Waals surface area contributed by atoms with Crippen molar-refractivity contribution < 1.29 is 19.4 Å². The lowest BCUT2D eigenvalue weighted by atomic mass is 10.0. The van der Waals surface area contributed by atoms with Gasteiger partial charge >= 0.3 is 0 Å². The number of aliphatic hydroxyl groups is 1. The van der Waals surface area contributed by atoms with Crippen LogP contribution < -0.4 is 4.74 Å². The molecule has 124 valence electrons. The van der Waals surface area contributed by atoms with Gasteiger partial charge in [-0.05, 0) is 30.9 Å². The number of fused-ring (bicyclic) bond motifs is 1. The van der Waals surface area contributed by atoms with Crippen LogP contribution in [0.2, 0.25) is 0 Å². The van der Waals surface area contributed by atoms with Crippen molar-refractivity contribution in [2.24, 2.45) is 0 Å². The summed E-state index contributed by atoms with van der Waals surface area (Å²) >= 11 is 0. The molecule has 2 aromatic carbocycles. The highest BCUT2D eigenvalue weighted by Gasteiger charge is 2.13. The van der Waals surface area contributed by atoms with Crippen LogP contribution in [0.3, 0.4) is 0 Å². The lowest BCUT2D eigenvalue weighted by Gasteiger charge is -2.13. The van der Waals surface area contributed by atoms with Gasteiger partial charge in [0.05, 0.1) is 6.10 Å². The molecule has 4 nitrogen and oxygen atoms in total. The maximum Gasteiger partial charge on any atom is 0.189 e. The number of hydrogen-bond acceptors (Lipinski definition) is 4. The number of ketones is 1. The van der Waals surface area contributed by atoms with Crippen LogP contribution >= 0.6 is 0 Å². The van der Waals surface area contributed by atoms with Crippen molar-refractivity contribution in [3.8, 4) is 5.75 Å². The summed E-state index contributed by atoms with van der Waals surface area (Å²) in [6, 6.07) is 11.2. The number of Topliss-reactive ketones (excluding diaryl/α,β-unsaturated/α-hetero) is 1. The number of carbonyl (C=O) groups is 1. The van der Waals surface area contributed by atoms with Gasteiger partial charge in [-0.1, -0.05) is 37.6 Å². The van der Waals surface area contributed by atoms with Gasteiger partial charge in [0.1, 0.15) is 19.0 Å². The van der Waals surface area contributed by atoms with E-state index in [0.29, 0.717) is 17.9 Å². The zero-order chi connectivity index (χ0) is 16.7. The molecule has 23 heavy (non-hydrogen) atoms. The third-order valence-electron chi connectivity index (χ3n) is 3.54. The molecule has 0 aliphatic rings. The lowest BCUT2D eigenvalue weighted by Crippen LogP contribution is -2.14. The number of carbonyl (C=O) groups excluding carboxylic acids is 1. The first-order valence-electron chi connectivity index (χ1n) is 8.07. The van der Waals surface area contributed by atoms with Crippen molar-refractivity contribution in [3.63, 3.8) is 0 Å². The highest BCUT2D eigenvalue weighted by molar-refractivity contribution is 6.10. The summed E-state index contributed by atoms with van der Waals surface area (Å²) in [5, 5.41) is 11.1. The second-order valence-corrected chi connectivity index (χ2v) is 5.65. The molecule has 2 aromatic rings. The number of hydrogen-bond donors (Lipinski definition) is 1. The fourth-order valence-electron chi connectivity index (χ4n) is 2.34. The molecule has 0 heterocycles. The Balaban J connectivity index is 2.21. The lowest BCUT2D eigenvalue weighted by molar-refractivity contribution is 0.0756. The number of aliphatic hydroxyl groups excluding tert-OH is 1. The van der Waals surface area contributed by atoms with Gasteiger partial charge in [0.15, 0.2) is 5.78 Å². The van der Waals surface area contributed by atoms with Gasteiger partial charge in [-0.25, -0.2) is 0 Å². The van der Waals surface area contributed by atoms with Gasteiger partial charge in [-0.3, -0.25) is 4.79 Å². The Morgan fingerprint density at radius 2 is 1.91 bits per heavy atom. The Morgan fingerprint density at radius 3 is 2.61 bits per heavy atom. The maximum absolute atomic E-state index is 12.4. The fourth-order valence-corrected chi connectivity index (χ4v) is 2.34. The summed E-state index contributed by atoms with van der Waals surface area (Å²) in [4.78, 5) is 12.4. The molecular formula is C19H24O4. The minimum absolute atomic E-state index is 0.0284. The Labute approximate surface area is 137 Å². The van der Waals surface area contributed by atoms with Crippen molar-refractivity contribution in [3.05, 3.63) is 42.0 Å². The molecular weight excluding hydrogens is 292 g/mol. The quantitative estimate of drug-likeness (QED) is 0.567. The van der Waals surface area contributed by atoms with Crippen molar-refractivity contribution >= 4 is 16.6 Å². The molecule has 0 spiro atoms. The summed E-state index contributed by atoms with van der Waals surface area (Å²) in [5.41, 5.74) is 0.640. The number of benzene rings is 2. The average Bonchev–Trinajstić information content (AvgIpc) is 2.56. The van der Waals surface area contributed by atoms with Gasteiger partial charge in [-0.15, -0.1) is 0 Å². The van der Waals surface area contributed by atoms with E-state index in [2.05, 4.69) is 6.92 Å². The number of rotatable bonds is 9. The second kappa shape index (κ2) is 8.65. The predicted octanol–water partition coefficient (Wildman–Crippen LogP) is 3.60. The molecule has 0 aliphatic carbocycles. The summed E-state index contributed by atoms with van der Waals surface area (Å²) in [5.74, 6) is 0.643. The first-order valence-corrected chi connectivity index (χ1v) is 8.07. The summed E-state index contributed by atoms with van der Waals surface area (Å²) in [6.45, 7) is 4.68. The Morgan fingerprint density at radius 1 is 1.17 bits per heavy atom. The molecule has 0 saturated carbocycles. The van der Waals surface area contributed by atoms with Crippen LogP contribution in [0.5, 0.6) is 5.75 Å². The summed E-state index contributed by atoms with van der Waals surface area (Å²) < 4.78 is 11.1. The van der Waals surface area contributed by atoms with E-state index in [4.69, 9.17) is 9.47 Å². The molecule has 1 atom stereocenters. The van der Waals surface area contributed by atoms with E-state index < -0.39 is 6.10 Å². The molecule has 0 unspecified atom stereocenters.